The molecule has 0 bridgehead atoms. The van der Waals surface area contributed by atoms with E-state index in [1.54, 1.807) is 0 Å². The third-order valence-corrected chi connectivity index (χ3v) is 7.54. The van der Waals surface area contributed by atoms with Gasteiger partial charge in [-0.25, -0.2) is 21.1 Å². The van der Waals surface area contributed by atoms with Gasteiger partial charge in [-0.3, -0.25) is 9.69 Å². The summed E-state index contributed by atoms with van der Waals surface area (Å²) in [5.74, 6) is -0.279. The molecule has 1 aromatic carbocycles. The van der Waals surface area contributed by atoms with Gasteiger partial charge in [0, 0.05) is 58.9 Å². The van der Waals surface area contributed by atoms with Crippen molar-refractivity contribution in [2.24, 2.45) is 0 Å². The third-order valence-electron chi connectivity index (χ3n) is 4.41. The van der Waals surface area contributed by atoms with Crippen LogP contribution in [0.4, 0.5) is 0 Å². The molecule has 0 aromatic heterocycles. The fourth-order valence-electron chi connectivity index (χ4n) is 2.70. The van der Waals surface area contributed by atoms with Gasteiger partial charge in [0.15, 0.2) is 0 Å². The first-order valence-electron chi connectivity index (χ1n) is 8.50. The second-order valence-electron chi connectivity index (χ2n) is 6.57. The van der Waals surface area contributed by atoms with Crippen molar-refractivity contribution < 1.29 is 21.6 Å². The second-order valence-corrected chi connectivity index (χ2v) is 10.7. The highest BCUT2D eigenvalue weighted by Crippen LogP contribution is 2.14. The van der Waals surface area contributed by atoms with E-state index in [2.05, 4.69) is 10.2 Å². The maximum atomic E-state index is 12.2. The second kappa shape index (κ2) is 8.65. The molecule has 0 unspecified atom stereocenters. The molecule has 152 valence electrons. The maximum absolute atomic E-state index is 12.2. The highest BCUT2D eigenvalue weighted by molar-refractivity contribution is 7.89. The maximum Gasteiger partial charge on any atom is 0.251 e. The van der Waals surface area contributed by atoms with E-state index in [-0.39, 0.29) is 10.8 Å². The number of benzene rings is 1. The zero-order chi connectivity index (χ0) is 20.2. The average Bonchev–Trinajstić information content (AvgIpc) is 2.61. The van der Waals surface area contributed by atoms with Crippen molar-refractivity contribution in [3.05, 3.63) is 29.8 Å². The molecule has 0 aliphatic carbocycles. The molecule has 0 atom stereocenters. The molecular formula is C16H26N4O5S2. The van der Waals surface area contributed by atoms with Gasteiger partial charge in [-0.15, -0.1) is 0 Å². The Hall–Kier alpha value is -1.53. The lowest BCUT2D eigenvalue weighted by Gasteiger charge is -2.33. The summed E-state index contributed by atoms with van der Waals surface area (Å²) in [4.78, 5) is 14.4. The first-order valence-corrected chi connectivity index (χ1v) is 11.8. The van der Waals surface area contributed by atoms with Gasteiger partial charge < -0.3 is 5.32 Å². The molecule has 0 radical (unpaired) electrons. The van der Waals surface area contributed by atoms with Crippen LogP contribution in [0.3, 0.4) is 0 Å². The van der Waals surface area contributed by atoms with Gasteiger partial charge in [0.25, 0.3) is 5.91 Å². The number of hydrogen-bond donors (Lipinski definition) is 1. The van der Waals surface area contributed by atoms with Crippen LogP contribution in [0.1, 0.15) is 10.4 Å². The van der Waals surface area contributed by atoms with Gasteiger partial charge >= 0.3 is 0 Å². The molecule has 1 N–H and O–H groups in total. The molecule has 1 fully saturated rings. The monoisotopic (exact) mass is 418 g/mol. The van der Waals surface area contributed by atoms with Crippen molar-refractivity contribution in [3.8, 4) is 0 Å². The summed E-state index contributed by atoms with van der Waals surface area (Å²) < 4.78 is 49.6. The summed E-state index contributed by atoms with van der Waals surface area (Å²) in [7, 11) is -3.77. The number of carbonyl (C=O) groups is 1. The zero-order valence-corrected chi connectivity index (χ0v) is 17.4. The summed E-state index contributed by atoms with van der Waals surface area (Å²) in [5, 5.41) is 2.80. The number of piperazine rings is 1. The summed E-state index contributed by atoms with van der Waals surface area (Å²) in [6.07, 6.45) is 1.21. The highest BCUT2D eigenvalue weighted by Gasteiger charge is 2.23. The first kappa shape index (κ1) is 21.8. The molecule has 11 heteroatoms. The van der Waals surface area contributed by atoms with E-state index in [0.717, 1.165) is 4.31 Å². The normalized spacial score (nSPS) is 17.2. The number of carbonyl (C=O) groups excluding carboxylic acids is 1. The Morgan fingerprint density at radius 3 is 2.07 bits per heavy atom. The number of sulfonamides is 2. The smallest absolute Gasteiger partial charge is 0.251 e. The lowest BCUT2D eigenvalue weighted by molar-refractivity contribution is 0.0945. The van der Waals surface area contributed by atoms with Crippen molar-refractivity contribution in [2.45, 2.75) is 4.90 Å². The minimum absolute atomic E-state index is 0.132. The van der Waals surface area contributed by atoms with Crippen LogP contribution in [0, 0.1) is 0 Å². The van der Waals surface area contributed by atoms with Gasteiger partial charge in [-0.2, -0.15) is 4.31 Å². The molecule has 1 amide bonds. The van der Waals surface area contributed by atoms with Gasteiger partial charge in [0.2, 0.25) is 20.0 Å². The number of nitrogens with one attached hydrogen (secondary N) is 1. The molecule has 0 saturated carbocycles. The number of nitrogens with zero attached hydrogens (tertiary/aromatic N) is 3. The lowest BCUT2D eigenvalue weighted by Crippen LogP contribution is -2.49. The number of amides is 1. The fraction of sp³-hybridized carbons (Fsp3) is 0.562. The number of hydrogen-bond acceptors (Lipinski definition) is 6. The van der Waals surface area contributed by atoms with E-state index >= 15 is 0 Å². The quantitative estimate of drug-likeness (QED) is 0.624. The standard InChI is InChI=1S/C16H26N4O5S2/c1-18(2)27(24,25)15-6-4-14(5-7-15)16(21)17-8-9-19-10-12-20(13-11-19)26(3,22)23/h4-7H,8-13H2,1-3H3,(H,17,21). The summed E-state index contributed by atoms with van der Waals surface area (Å²) in [6, 6.07) is 5.79. The van der Waals surface area contributed by atoms with Crippen LogP contribution in [-0.4, -0.2) is 95.9 Å². The van der Waals surface area contributed by atoms with E-state index in [4.69, 9.17) is 0 Å². The molecule has 2 rings (SSSR count). The van der Waals surface area contributed by atoms with Gasteiger partial charge in [0.1, 0.15) is 0 Å². The van der Waals surface area contributed by atoms with Crippen LogP contribution in [-0.2, 0) is 20.0 Å². The summed E-state index contributed by atoms with van der Waals surface area (Å²) in [5.41, 5.74) is 0.384. The van der Waals surface area contributed by atoms with Crippen LogP contribution >= 0.6 is 0 Å². The van der Waals surface area contributed by atoms with Gasteiger partial charge in [-0.05, 0) is 24.3 Å². The molecule has 0 spiro atoms. The van der Waals surface area contributed by atoms with Crippen LogP contribution in [0.5, 0.6) is 0 Å². The summed E-state index contributed by atoms with van der Waals surface area (Å²) >= 11 is 0. The zero-order valence-electron chi connectivity index (χ0n) is 15.8. The summed E-state index contributed by atoms with van der Waals surface area (Å²) in [6.45, 7) is 3.20. The third kappa shape index (κ3) is 5.72. The Morgan fingerprint density at radius 1 is 1.04 bits per heavy atom. The van der Waals surface area contributed by atoms with Crippen LogP contribution in [0.15, 0.2) is 29.2 Å². The predicted octanol–water partition coefficient (Wildman–Crippen LogP) is -0.756. The Labute approximate surface area is 161 Å². The van der Waals surface area contributed by atoms with Crippen LogP contribution in [0.2, 0.25) is 0 Å². The van der Waals surface area contributed by atoms with E-state index < -0.39 is 20.0 Å². The molecule has 27 heavy (non-hydrogen) atoms. The molecule has 1 aliphatic heterocycles. The Bertz CT molecular complexity index is 859. The highest BCUT2D eigenvalue weighted by atomic mass is 32.2. The van der Waals surface area contributed by atoms with E-state index in [1.807, 2.05) is 0 Å². The topological polar surface area (TPSA) is 107 Å². The number of rotatable bonds is 7. The largest absolute Gasteiger partial charge is 0.351 e. The van der Waals surface area contributed by atoms with Crippen molar-refractivity contribution in [2.75, 3.05) is 59.6 Å². The van der Waals surface area contributed by atoms with Gasteiger partial charge in [0.05, 0.1) is 11.2 Å². The predicted molar refractivity (Wildman–Crippen MR) is 103 cm³/mol. The molecule has 1 saturated heterocycles. The van der Waals surface area contributed by atoms with Crippen molar-refractivity contribution in [1.82, 2.24) is 18.8 Å². The lowest BCUT2D eigenvalue weighted by atomic mass is 10.2. The van der Waals surface area contributed by atoms with Crippen LogP contribution in [0.25, 0.3) is 0 Å². The fourth-order valence-corrected chi connectivity index (χ4v) is 4.43. The van der Waals surface area contributed by atoms with E-state index in [9.17, 15) is 21.6 Å². The first-order chi connectivity index (χ1) is 12.5. The minimum atomic E-state index is -3.52. The van der Waals surface area contributed by atoms with E-state index in [0.29, 0.717) is 44.8 Å². The molecule has 1 aliphatic rings. The van der Waals surface area contributed by atoms with Crippen molar-refractivity contribution >= 4 is 26.0 Å². The Kier molecular flexibility index (Phi) is 6.98. The van der Waals surface area contributed by atoms with Crippen molar-refractivity contribution in [3.63, 3.8) is 0 Å². The average molecular weight is 419 g/mol. The van der Waals surface area contributed by atoms with Crippen LogP contribution < -0.4 is 5.32 Å². The molecule has 1 aromatic rings. The SMILES string of the molecule is CN(C)S(=O)(=O)c1ccc(C(=O)NCCN2CCN(S(C)(=O)=O)CC2)cc1. The minimum Gasteiger partial charge on any atom is -0.351 e. The Balaban J connectivity index is 1.81. The molecule has 1 heterocycles. The van der Waals surface area contributed by atoms with Crippen molar-refractivity contribution in [1.29, 1.82) is 0 Å². The van der Waals surface area contributed by atoms with E-state index in [1.165, 1.54) is 48.9 Å². The van der Waals surface area contributed by atoms with Gasteiger partial charge in [-0.1, -0.05) is 0 Å². The molecular weight excluding hydrogens is 392 g/mol. The Morgan fingerprint density at radius 2 is 1.59 bits per heavy atom. The molecule has 9 nitrogen and oxygen atoms in total.